The summed E-state index contributed by atoms with van der Waals surface area (Å²) in [5, 5.41) is 0. The first-order chi connectivity index (χ1) is 7.74. The van der Waals surface area contributed by atoms with Crippen LogP contribution in [-0.2, 0) is 0 Å². The van der Waals surface area contributed by atoms with Crippen LogP contribution in [0.4, 0.5) is 0 Å². The van der Waals surface area contributed by atoms with E-state index in [4.69, 9.17) is 0 Å². The summed E-state index contributed by atoms with van der Waals surface area (Å²) in [6, 6.07) is 0. The van der Waals surface area contributed by atoms with Crippen LogP contribution in [0.1, 0.15) is 78.6 Å². The van der Waals surface area contributed by atoms with Gasteiger partial charge in [0.2, 0.25) is 0 Å². The fourth-order valence-corrected chi connectivity index (χ4v) is 4.62. The quantitative estimate of drug-likeness (QED) is 0.404. The molecular weight excluding hydrogens is 299 g/mol. The van der Waals surface area contributed by atoms with E-state index in [0.717, 1.165) is 26.5 Å². The summed E-state index contributed by atoms with van der Waals surface area (Å²) in [5.41, 5.74) is 1.78. The van der Waals surface area contributed by atoms with Gasteiger partial charge in [0.15, 0.2) is 0 Å². The van der Waals surface area contributed by atoms with Crippen molar-refractivity contribution < 1.29 is 0 Å². The van der Waals surface area contributed by atoms with Gasteiger partial charge in [-0.05, 0) is 0 Å². The summed E-state index contributed by atoms with van der Waals surface area (Å²) in [7, 11) is 0. The molecule has 96 valence electrons. The Morgan fingerprint density at radius 3 is 1.88 bits per heavy atom. The molecule has 0 fully saturated rings. The van der Waals surface area contributed by atoms with Gasteiger partial charge in [0.1, 0.15) is 0 Å². The molecule has 0 rings (SSSR count). The number of hydrogen-bond donors (Lipinski definition) is 0. The SMILES string of the molecule is CCCCC(=C[CH]([SnH3])CCCC)CCCC. The zero-order valence-electron chi connectivity index (χ0n) is 12.0. The van der Waals surface area contributed by atoms with E-state index in [0.29, 0.717) is 0 Å². The van der Waals surface area contributed by atoms with Crippen LogP contribution < -0.4 is 0 Å². The van der Waals surface area contributed by atoms with Crippen molar-refractivity contribution in [2.75, 3.05) is 0 Å². The summed E-state index contributed by atoms with van der Waals surface area (Å²) in [4.78, 5) is 0. The standard InChI is InChI=1S/C15H29.Sn.3H/c1-4-7-10-11-14-15(12-8-5-2)13-9-6-3;;;;/h11,14H,4-10,12-13H2,1-3H3;;;;. The van der Waals surface area contributed by atoms with Gasteiger partial charge in [-0.1, -0.05) is 0 Å². The monoisotopic (exact) mass is 332 g/mol. The molecule has 1 unspecified atom stereocenters. The molecule has 0 bridgehead atoms. The molecular formula is C15H32Sn. The Morgan fingerprint density at radius 1 is 0.938 bits per heavy atom. The average molecular weight is 331 g/mol. The molecule has 0 aromatic carbocycles. The number of unbranched alkanes of at least 4 members (excludes halogenated alkanes) is 3. The fraction of sp³-hybridized carbons (Fsp3) is 0.867. The molecule has 0 N–H and O–H groups in total. The Morgan fingerprint density at radius 2 is 1.44 bits per heavy atom. The topological polar surface area (TPSA) is 0 Å². The third-order valence-corrected chi connectivity index (χ3v) is 5.84. The first kappa shape index (κ1) is 16.5. The van der Waals surface area contributed by atoms with Crippen molar-refractivity contribution >= 4 is 22.5 Å². The Bertz CT molecular complexity index is 162. The predicted molar refractivity (Wildman–Crippen MR) is 80.3 cm³/mol. The zero-order valence-corrected chi connectivity index (χ0v) is 17.7. The molecule has 0 nitrogen and oxygen atoms in total. The maximum atomic E-state index is 2.66. The molecule has 1 atom stereocenters. The molecule has 0 spiro atoms. The van der Waals surface area contributed by atoms with Gasteiger partial charge in [-0.15, -0.1) is 0 Å². The molecule has 16 heavy (non-hydrogen) atoms. The van der Waals surface area contributed by atoms with Crippen LogP contribution in [0, 0.1) is 0 Å². The summed E-state index contributed by atoms with van der Waals surface area (Å²) < 4.78 is 1.01. The number of hydrogen-bond acceptors (Lipinski definition) is 0. The van der Waals surface area contributed by atoms with E-state index >= 15 is 0 Å². The minimum atomic E-state index is 0.809. The molecule has 0 aliphatic rings. The number of rotatable bonds is 10. The molecule has 0 saturated heterocycles. The molecule has 0 radical (unpaired) electrons. The van der Waals surface area contributed by atoms with Crippen LogP contribution in [0.25, 0.3) is 0 Å². The van der Waals surface area contributed by atoms with Crippen molar-refractivity contribution in [3.63, 3.8) is 0 Å². The molecule has 0 heterocycles. The van der Waals surface area contributed by atoms with E-state index in [1.165, 1.54) is 57.8 Å². The average Bonchev–Trinajstić information content (AvgIpc) is 2.30. The third kappa shape index (κ3) is 9.74. The first-order valence-electron chi connectivity index (χ1n) is 7.44. The van der Waals surface area contributed by atoms with Crippen molar-refractivity contribution in [2.45, 2.75) is 82.5 Å². The number of allylic oxidation sites excluding steroid dienone is 2. The van der Waals surface area contributed by atoms with Crippen molar-refractivity contribution in [3.8, 4) is 0 Å². The zero-order chi connectivity index (χ0) is 12.2. The normalized spacial score (nSPS) is 12.7. The molecule has 0 aliphatic heterocycles. The van der Waals surface area contributed by atoms with Gasteiger partial charge in [0.25, 0.3) is 0 Å². The van der Waals surface area contributed by atoms with Gasteiger partial charge in [-0.25, -0.2) is 0 Å². The van der Waals surface area contributed by atoms with Crippen molar-refractivity contribution in [3.05, 3.63) is 11.6 Å². The van der Waals surface area contributed by atoms with Gasteiger partial charge in [-0.3, -0.25) is 0 Å². The first-order valence-corrected chi connectivity index (χ1v) is 10.7. The van der Waals surface area contributed by atoms with Gasteiger partial charge < -0.3 is 0 Å². The van der Waals surface area contributed by atoms with Crippen LogP contribution in [-0.4, -0.2) is 22.5 Å². The van der Waals surface area contributed by atoms with E-state index in [2.05, 4.69) is 26.8 Å². The van der Waals surface area contributed by atoms with Gasteiger partial charge >= 0.3 is 117 Å². The van der Waals surface area contributed by atoms with Crippen LogP contribution in [0.2, 0.25) is 3.93 Å². The Kier molecular flexibility index (Phi) is 12.4. The second kappa shape index (κ2) is 12.0. The van der Waals surface area contributed by atoms with Crippen molar-refractivity contribution in [1.82, 2.24) is 0 Å². The van der Waals surface area contributed by atoms with Crippen molar-refractivity contribution in [2.24, 2.45) is 0 Å². The van der Waals surface area contributed by atoms with Crippen LogP contribution in [0.3, 0.4) is 0 Å². The Labute approximate surface area is 116 Å². The van der Waals surface area contributed by atoms with Crippen LogP contribution in [0.5, 0.6) is 0 Å². The summed E-state index contributed by atoms with van der Waals surface area (Å²) in [6.07, 6.45) is 15.2. The summed E-state index contributed by atoms with van der Waals surface area (Å²) >= 11 is 0.809. The fourth-order valence-electron chi connectivity index (χ4n) is 2.11. The molecule has 0 aliphatic carbocycles. The second-order valence-corrected chi connectivity index (χ2v) is 9.38. The molecule has 0 aromatic rings. The molecule has 1 heteroatoms. The third-order valence-electron chi connectivity index (χ3n) is 3.24. The maximum absolute atomic E-state index is 2.66. The van der Waals surface area contributed by atoms with Crippen LogP contribution in [0.15, 0.2) is 11.6 Å². The van der Waals surface area contributed by atoms with E-state index in [1.807, 2.05) is 0 Å². The molecule has 0 saturated carbocycles. The van der Waals surface area contributed by atoms with E-state index < -0.39 is 0 Å². The van der Waals surface area contributed by atoms with E-state index in [-0.39, 0.29) is 0 Å². The molecule has 0 amide bonds. The second-order valence-electron chi connectivity index (χ2n) is 5.15. The predicted octanol–water partition coefficient (Wildman–Crippen LogP) is 4.64. The van der Waals surface area contributed by atoms with Gasteiger partial charge in [0.05, 0.1) is 0 Å². The Balaban J connectivity index is 4.06. The van der Waals surface area contributed by atoms with Crippen molar-refractivity contribution in [1.29, 1.82) is 0 Å². The molecule has 0 aromatic heterocycles. The summed E-state index contributed by atoms with van der Waals surface area (Å²) in [5.74, 6) is 0. The Hall–Kier alpha value is 0.539. The van der Waals surface area contributed by atoms with Gasteiger partial charge in [-0.2, -0.15) is 0 Å². The van der Waals surface area contributed by atoms with E-state index in [1.54, 1.807) is 5.57 Å². The minimum absolute atomic E-state index is 0.809. The van der Waals surface area contributed by atoms with E-state index in [9.17, 15) is 0 Å². The van der Waals surface area contributed by atoms with Crippen LogP contribution >= 0.6 is 0 Å². The van der Waals surface area contributed by atoms with Gasteiger partial charge in [0, 0.05) is 0 Å². The summed E-state index contributed by atoms with van der Waals surface area (Å²) in [6.45, 7) is 6.91.